The molecule has 1 aromatic carbocycles. The Morgan fingerprint density at radius 1 is 1.33 bits per heavy atom. The molecule has 0 saturated carbocycles. The molecule has 1 unspecified atom stereocenters. The third-order valence-corrected chi connectivity index (χ3v) is 5.16. The standard InChI is InChI=1S/C16H19BrN2OS/c1-3-20-13-8-12(9-19-10-13)15(18-2)11-21-16-7-5-4-6-14(16)17/h4-10,15,18H,3,11H2,1-2H3. The molecule has 1 aromatic heterocycles. The summed E-state index contributed by atoms with van der Waals surface area (Å²) < 4.78 is 6.65. The average molecular weight is 367 g/mol. The van der Waals surface area contributed by atoms with Crippen LogP contribution in [0.4, 0.5) is 0 Å². The molecule has 0 bridgehead atoms. The van der Waals surface area contributed by atoms with Crippen LogP contribution in [0.3, 0.4) is 0 Å². The third-order valence-electron chi connectivity index (χ3n) is 3.04. The van der Waals surface area contributed by atoms with Gasteiger partial charge in [0.1, 0.15) is 5.75 Å². The molecule has 2 aromatic rings. The molecule has 0 fully saturated rings. The molecule has 3 nitrogen and oxygen atoms in total. The summed E-state index contributed by atoms with van der Waals surface area (Å²) in [7, 11) is 1.97. The Bertz CT molecular complexity index is 580. The molecule has 0 amide bonds. The maximum Gasteiger partial charge on any atom is 0.137 e. The van der Waals surface area contributed by atoms with Crippen LogP contribution in [0.2, 0.25) is 0 Å². The van der Waals surface area contributed by atoms with Gasteiger partial charge in [-0.3, -0.25) is 4.98 Å². The molecule has 112 valence electrons. The summed E-state index contributed by atoms with van der Waals surface area (Å²) in [5, 5.41) is 3.35. The first-order chi connectivity index (χ1) is 10.2. The minimum absolute atomic E-state index is 0.231. The smallest absolute Gasteiger partial charge is 0.137 e. The van der Waals surface area contributed by atoms with Gasteiger partial charge in [0.05, 0.1) is 12.8 Å². The Morgan fingerprint density at radius 3 is 2.86 bits per heavy atom. The number of nitrogens with zero attached hydrogens (tertiary/aromatic N) is 1. The highest BCUT2D eigenvalue weighted by molar-refractivity contribution is 9.10. The van der Waals surface area contributed by atoms with Gasteiger partial charge in [-0.15, -0.1) is 11.8 Å². The zero-order valence-corrected chi connectivity index (χ0v) is 14.6. The number of pyridine rings is 1. The summed E-state index contributed by atoms with van der Waals surface area (Å²) in [4.78, 5) is 5.50. The largest absolute Gasteiger partial charge is 0.492 e. The van der Waals surface area contributed by atoms with E-state index in [0.717, 1.165) is 21.5 Å². The van der Waals surface area contributed by atoms with Crippen LogP contribution >= 0.6 is 27.7 Å². The lowest BCUT2D eigenvalue weighted by Gasteiger charge is -2.17. The highest BCUT2D eigenvalue weighted by atomic mass is 79.9. The summed E-state index contributed by atoms with van der Waals surface area (Å²) >= 11 is 5.40. The molecule has 2 rings (SSSR count). The zero-order valence-electron chi connectivity index (χ0n) is 12.2. The molecule has 0 saturated heterocycles. The van der Waals surface area contributed by atoms with Crippen LogP contribution in [0.15, 0.2) is 52.1 Å². The van der Waals surface area contributed by atoms with Gasteiger partial charge in [0.15, 0.2) is 0 Å². The number of ether oxygens (including phenoxy) is 1. The summed E-state index contributed by atoms with van der Waals surface area (Å²) in [5.74, 6) is 1.75. The molecule has 0 aliphatic rings. The van der Waals surface area contributed by atoms with E-state index < -0.39 is 0 Å². The van der Waals surface area contributed by atoms with E-state index in [4.69, 9.17) is 4.74 Å². The maximum absolute atomic E-state index is 5.52. The quantitative estimate of drug-likeness (QED) is 0.740. The number of thioether (sulfide) groups is 1. The lowest BCUT2D eigenvalue weighted by atomic mass is 10.1. The Morgan fingerprint density at radius 2 is 2.14 bits per heavy atom. The van der Waals surface area contributed by atoms with Crippen LogP contribution < -0.4 is 10.1 Å². The van der Waals surface area contributed by atoms with Crippen molar-refractivity contribution >= 4 is 27.7 Å². The summed E-state index contributed by atoms with van der Waals surface area (Å²) in [6.07, 6.45) is 3.64. The first-order valence-electron chi connectivity index (χ1n) is 6.87. The topological polar surface area (TPSA) is 34.1 Å². The number of hydrogen-bond acceptors (Lipinski definition) is 4. The summed E-state index contributed by atoms with van der Waals surface area (Å²) in [6, 6.07) is 10.6. The van der Waals surface area contributed by atoms with Crippen molar-refractivity contribution in [1.29, 1.82) is 0 Å². The lowest BCUT2D eigenvalue weighted by Crippen LogP contribution is -2.19. The Balaban J connectivity index is 2.06. The van der Waals surface area contributed by atoms with Crippen LogP contribution in [-0.2, 0) is 0 Å². The molecule has 1 atom stereocenters. The van der Waals surface area contributed by atoms with Gasteiger partial charge in [-0.1, -0.05) is 12.1 Å². The van der Waals surface area contributed by atoms with Crippen molar-refractivity contribution in [1.82, 2.24) is 10.3 Å². The van der Waals surface area contributed by atoms with Crippen LogP contribution in [0, 0.1) is 0 Å². The second-order valence-electron chi connectivity index (χ2n) is 4.47. The molecule has 1 heterocycles. The Hall–Kier alpha value is -1.04. The molecule has 0 aliphatic carbocycles. The van der Waals surface area contributed by atoms with Gasteiger partial charge in [0.25, 0.3) is 0 Å². The van der Waals surface area contributed by atoms with Gasteiger partial charge in [-0.05, 0) is 53.7 Å². The third kappa shape index (κ3) is 4.73. The number of halogens is 1. The minimum atomic E-state index is 0.231. The van der Waals surface area contributed by atoms with Crippen LogP contribution in [-0.4, -0.2) is 24.4 Å². The van der Waals surface area contributed by atoms with Gasteiger partial charge in [0.2, 0.25) is 0 Å². The van der Waals surface area contributed by atoms with Gasteiger partial charge >= 0.3 is 0 Å². The average Bonchev–Trinajstić information content (AvgIpc) is 2.50. The first kappa shape index (κ1) is 16.3. The number of rotatable bonds is 7. The van der Waals surface area contributed by atoms with E-state index in [1.54, 1.807) is 6.20 Å². The number of benzene rings is 1. The molecule has 21 heavy (non-hydrogen) atoms. The van der Waals surface area contributed by atoms with E-state index >= 15 is 0 Å². The van der Waals surface area contributed by atoms with Crippen molar-refractivity contribution in [3.63, 3.8) is 0 Å². The van der Waals surface area contributed by atoms with Gasteiger partial charge in [0, 0.05) is 27.4 Å². The van der Waals surface area contributed by atoms with E-state index in [1.807, 2.05) is 38.0 Å². The Kier molecular flexibility index (Phi) is 6.54. The predicted octanol–water partition coefficient (Wildman–Crippen LogP) is 4.30. The van der Waals surface area contributed by atoms with E-state index in [1.165, 1.54) is 4.90 Å². The Labute approximate surface area is 138 Å². The number of aromatic nitrogens is 1. The molecule has 0 spiro atoms. The fourth-order valence-electron chi connectivity index (χ4n) is 1.95. The van der Waals surface area contributed by atoms with E-state index in [0.29, 0.717) is 6.61 Å². The second kappa shape index (κ2) is 8.41. The molecular weight excluding hydrogens is 348 g/mol. The molecule has 5 heteroatoms. The fraction of sp³-hybridized carbons (Fsp3) is 0.312. The lowest BCUT2D eigenvalue weighted by molar-refractivity contribution is 0.338. The van der Waals surface area contributed by atoms with Crippen LogP contribution in [0.5, 0.6) is 5.75 Å². The fourth-order valence-corrected chi connectivity index (χ4v) is 3.67. The van der Waals surface area contributed by atoms with Gasteiger partial charge in [-0.25, -0.2) is 0 Å². The molecular formula is C16H19BrN2OS. The van der Waals surface area contributed by atoms with Crippen molar-refractivity contribution in [2.24, 2.45) is 0 Å². The van der Waals surface area contributed by atoms with Crippen molar-refractivity contribution in [2.75, 3.05) is 19.4 Å². The van der Waals surface area contributed by atoms with Crippen molar-refractivity contribution in [3.8, 4) is 5.75 Å². The van der Waals surface area contributed by atoms with Gasteiger partial charge in [-0.2, -0.15) is 0 Å². The highest BCUT2D eigenvalue weighted by Gasteiger charge is 2.12. The number of nitrogens with one attached hydrogen (secondary N) is 1. The maximum atomic E-state index is 5.52. The summed E-state index contributed by atoms with van der Waals surface area (Å²) in [6.45, 7) is 2.63. The minimum Gasteiger partial charge on any atom is -0.492 e. The zero-order chi connectivity index (χ0) is 15.1. The summed E-state index contributed by atoms with van der Waals surface area (Å²) in [5.41, 5.74) is 1.14. The van der Waals surface area contributed by atoms with Crippen molar-refractivity contribution < 1.29 is 4.74 Å². The van der Waals surface area contributed by atoms with Crippen molar-refractivity contribution in [3.05, 3.63) is 52.8 Å². The first-order valence-corrected chi connectivity index (χ1v) is 8.64. The molecule has 0 radical (unpaired) electrons. The second-order valence-corrected chi connectivity index (χ2v) is 6.39. The normalized spacial score (nSPS) is 12.1. The van der Waals surface area contributed by atoms with Gasteiger partial charge < -0.3 is 10.1 Å². The number of hydrogen-bond donors (Lipinski definition) is 1. The van der Waals surface area contributed by atoms with E-state index in [-0.39, 0.29) is 6.04 Å². The predicted molar refractivity (Wildman–Crippen MR) is 92.1 cm³/mol. The molecule has 0 aliphatic heterocycles. The van der Waals surface area contributed by atoms with E-state index in [9.17, 15) is 0 Å². The molecule has 1 N–H and O–H groups in total. The van der Waals surface area contributed by atoms with Crippen LogP contribution in [0.1, 0.15) is 18.5 Å². The van der Waals surface area contributed by atoms with E-state index in [2.05, 4.69) is 50.5 Å². The van der Waals surface area contributed by atoms with Crippen molar-refractivity contribution in [2.45, 2.75) is 17.9 Å². The SMILES string of the molecule is CCOc1cncc(C(CSc2ccccc2Br)NC)c1. The highest BCUT2D eigenvalue weighted by Crippen LogP contribution is 2.30. The monoisotopic (exact) mass is 366 g/mol. The van der Waals surface area contributed by atoms with Crippen LogP contribution in [0.25, 0.3) is 0 Å².